The SMILES string of the molecule is Cc1cc(NC=O)cnc1N1CCCC(C)C1. The van der Waals surface area contributed by atoms with Crippen LogP contribution >= 0.6 is 0 Å². The van der Waals surface area contributed by atoms with E-state index >= 15 is 0 Å². The number of amides is 1. The predicted molar refractivity (Wildman–Crippen MR) is 69.3 cm³/mol. The molecular weight excluding hydrogens is 214 g/mol. The summed E-state index contributed by atoms with van der Waals surface area (Å²) in [6.45, 7) is 6.48. The zero-order valence-corrected chi connectivity index (χ0v) is 10.4. The summed E-state index contributed by atoms with van der Waals surface area (Å²) >= 11 is 0. The molecule has 17 heavy (non-hydrogen) atoms. The third-order valence-corrected chi connectivity index (χ3v) is 3.23. The maximum atomic E-state index is 10.4. The number of anilines is 2. The van der Waals surface area contributed by atoms with E-state index in [1.54, 1.807) is 6.20 Å². The number of hydrogen-bond donors (Lipinski definition) is 1. The van der Waals surface area contributed by atoms with Crippen LogP contribution in [0.15, 0.2) is 12.3 Å². The zero-order chi connectivity index (χ0) is 12.3. The van der Waals surface area contributed by atoms with Crippen LogP contribution in [0.4, 0.5) is 11.5 Å². The van der Waals surface area contributed by atoms with Gasteiger partial charge in [0.15, 0.2) is 0 Å². The van der Waals surface area contributed by atoms with Gasteiger partial charge in [0.2, 0.25) is 6.41 Å². The monoisotopic (exact) mass is 233 g/mol. The van der Waals surface area contributed by atoms with Gasteiger partial charge in [0.25, 0.3) is 0 Å². The second-order valence-electron chi connectivity index (χ2n) is 4.82. The van der Waals surface area contributed by atoms with Gasteiger partial charge < -0.3 is 10.2 Å². The Morgan fingerprint density at radius 1 is 1.59 bits per heavy atom. The quantitative estimate of drug-likeness (QED) is 0.814. The number of carbonyl (C=O) groups is 1. The van der Waals surface area contributed by atoms with Gasteiger partial charge in [-0.05, 0) is 37.3 Å². The Balaban J connectivity index is 2.17. The largest absolute Gasteiger partial charge is 0.356 e. The first kappa shape index (κ1) is 11.9. The number of aromatic nitrogens is 1. The van der Waals surface area contributed by atoms with Crippen LogP contribution in [0.2, 0.25) is 0 Å². The summed E-state index contributed by atoms with van der Waals surface area (Å²) in [6.07, 6.45) is 4.94. The lowest BCUT2D eigenvalue weighted by Crippen LogP contribution is -2.35. The van der Waals surface area contributed by atoms with Crippen molar-refractivity contribution in [2.24, 2.45) is 5.92 Å². The molecule has 0 aromatic carbocycles. The van der Waals surface area contributed by atoms with E-state index in [1.807, 2.05) is 13.0 Å². The normalized spacial score (nSPS) is 20.1. The Hall–Kier alpha value is -1.58. The highest BCUT2D eigenvalue weighted by Gasteiger charge is 2.18. The van der Waals surface area contributed by atoms with Gasteiger partial charge in [-0.1, -0.05) is 6.92 Å². The van der Waals surface area contributed by atoms with Crippen molar-refractivity contribution >= 4 is 17.9 Å². The fourth-order valence-electron chi connectivity index (χ4n) is 2.43. The first-order valence-electron chi connectivity index (χ1n) is 6.12. The van der Waals surface area contributed by atoms with Gasteiger partial charge in [-0.15, -0.1) is 0 Å². The van der Waals surface area contributed by atoms with Crippen LogP contribution in [0.1, 0.15) is 25.3 Å². The van der Waals surface area contributed by atoms with E-state index < -0.39 is 0 Å². The Morgan fingerprint density at radius 3 is 3.06 bits per heavy atom. The van der Waals surface area contributed by atoms with Crippen LogP contribution in [-0.2, 0) is 4.79 Å². The Morgan fingerprint density at radius 2 is 2.41 bits per heavy atom. The van der Waals surface area contributed by atoms with E-state index in [0.29, 0.717) is 6.41 Å². The Labute approximate surface area is 102 Å². The van der Waals surface area contributed by atoms with Gasteiger partial charge in [0.1, 0.15) is 5.82 Å². The molecule has 2 rings (SSSR count). The van der Waals surface area contributed by atoms with Crippen molar-refractivity contribution in [3.8, 4) is 0 Å². The Kier molecular flexibility index (Phi) is 3.61. The van der Waals surface area contributed by atoms with Gasteiger partial charge in [0.05, 0.1) is 11.9 Å². The van der Waals surface area contributed by atoms with Gasteiger partial charge in [0, 0.05) is 13.1 Å². The highest BCUT2D eigenvalue weighted by molar-refractivity contribution is 5.72. The van der Waals surface area contributed by atoms with Crippen molar-refractivity contribution in [1.82, 2.24) is 4.98 Å². The summed E-state index contributed by atoms with van der Waals surface area (Å²) in [7, 11) is 0. The van der Waals surface area contributed by atoms with E-state index in [-0.39, 0.29) is 0 Å². The van der Waals surface area contributed by atoms with Crippen LogP contribution in [0.3, 0.4) is 0 Å². The molecule has 1 aromatic heterocycles. The molecule has 1 unspecified atom stereocenters. The summed E-state index contributed by atoms with van der Waals surface area (Å²) in [5, 5.41) is 2.63. The van der Waals surface area contributed by atoms with E-state index in [9.17, 15) is 4.79 Å². The highest BCUT2D eigenvalue weighted by atomic mass is 16.1. The molecule has 1 atom stereocenters. The number of pyridine rings is 1. The molecule has 1 aliphatic heterocycles. The number of piperidine rings is 1. The second-order valence-corrected chi connectivity index (χ2v) is 4.82. The minimum Gasteiger partial charge on any atom is -0.356 e. The topological polar surface area (TPSA) is 45.2 Å². The lowest BCUT2D eigenvalue weighted by molar-refractivity contribution is -0.105. The molecule has 1 fully saturated rings. The number of nitrogens with one attached hydrogen (secondary N) is 1. The second kappa shape index (κ2) is 5.17. The summed E-state index contributed by atoms with van der Waals surface area (Å²) < 4.78 is 0. The molecule has 1 amide bonds. The minimum absolute atomic E-state index is 0.680. The van der Waals surface area contributed by atoms with Crippen molar-refractivity contribution in [3.05, 3.63) is 17.8 Å². The summed E-state index contributed by atoms with van der Waals surface area (Å²) in [5.41, 5.74) is 1.87. The van der Waals surface area contributed by atoms with E-state index in [2.05, 4.69) is 22.1 Å². The lowest BCUT2D eigenvalue weighted by Gasteiger charge is -2.32. The number of nitrogens with zero attached hydrogens (tertiary/aromatic N) is 2. The molecule has 0 spiro atoms. The fourth-order valence-corrected chi connectivity index (χ4v) is 2.43. The molecule has 4 nitrogen and oxygen atoms in total. The van der Waals surface area contributed by atoms with Crippen molar-refractivity contribution in [1.29, 1.82) is 0 Å². The Bertz CT molecular complexity index is 406. The average molecular weight is 233 g/mol. The van der Waals surface area contributed by atoms with E-state index in [4.69, 9.17) is 0 Å². The summed E-state index contributed by atoms with van der Waals surface area (Å²) in [6, 6.07) is 1.97. The minimum atomic E-state index is 0.680. The van der Waals surface area contributed by atoms with Gasteiger partial charge >= 0.3 is 0 Å². The first-order chi connectivity index (χ1) is 8.20. The van der Waals surface area contributed by atoms with Crippen molar-refractivity contribution in [2.45, 2.75) is 26.7 Å². The van der Waals surface area contributed by atoms with Crippen LogP contribution in [0.5, 0.6) is 0 Å². The molecule has 0 saturated carbocycles. The summed E-state index contributed by atoms with van der Waals surface area (Å²) in [5.74, 6) is 1.78. The molecule has 0 radical (unpaired) electrons. The molecular formula is C13H19N3O. The molecule has 0 bridgehead atoms. The third-order valence-electron chi connectivity index (χ3n) is 3.23. The highest BCUT2D eigenvalue weighted by Crippen LogP contribution is 2.25. The molecule has 4 heteroatoms. The standard InChI is InChI=1S/C13H19N3O/c1-10-4-3-5-16(8-10)13-11(2)6-12(7-14-13)15-9-17/h6-7,9-10H,3-5,8H2,1-2H3,(H,15,17). The first-order valence-corrected chi connectivity index (χ1v) is 6.12. The van der Waals surface area contributed by atoms with Crippen molar-refractivity contribution in [3.63, 3.8) is 0 Å². The lowest BCUT2D eigenvalue weighted by atomic mass is 10.00. The molecule has 2 heterocycles. The van der Waals surface area contributed by atoms with Crippen LogP contribution in [0, 0.1) is 12.8 Å². The van der Waals surface area contributed by atoms with E-state index in [0.717, 1.165) is 36.1 Å². The molecule has 0 aliphatic carbocycles. The number of aryl methyl sites for hydroxylation is 1. The van der Waals surface area contributed by atoms with Gasteiger partial charge in [-0.3, -0.25) is 4.79 Å². The zero-order valence-electron chi connectivity index (χ0n) is 10.4. The fraction of sp³-hybridized carbons (Fsp3) is 0.538. The van der Waals surface area contributed by atoms with E-state index in [1.165, 1.54) is 12.8 Å². The third kappa shape index (κ3) is 2.75. The van der Waals surface area contributed by atoms with Crippen LogP contribution in [0.25, 0.3) is 0 Å². The van der Waals surface area contributed by atoms with Gasteiger partial charge in [-0.2, -0.15) is 0 Å². The molecule has 1 N–H and O–H groups in total. The number of rotatable bonds is 3. The number of carbonyl (C=O) groups excluding carboxylic acids is 1. The van der Waals surface area contributed by atoms with Gasteiger partial charge in [-0.25, -0.2) is 4.98 Å². The maximum Gasteiger partial charge on any atom is 0.211 e. The molecule has 1 aliphatic rings. The van der Waals surface area contributed by atoms with Crippen molar-refractivity contribution in [2.75, 3.05) is 23.3 Å². The predicted octanol–water partition coefficient (Wildman–Crippen LogP) is 2.19. The van der Waals surface area contributed by atoms with Crippen LogP contribution < -0.4 is 10.2 Å². The van der Waals surface area contributed by atoms with Crippen molar-refractivity contribution < 1.29 is 4.79 Å². The van der Waals surface area contributed by atoms with Crippen LogP contribution in [-0.4, -0.2) is 24.5 Å². The molecule has 1 saturated heterocycles. The average Bonchev–Trinajstić information content (AvgIpc) is 2.29. The molecule has 1 aromatic rings. The molecule has 92 valence electrons. The number of hydrogen-bond acceptors (Lipinski definition) is 3. The summed E-state index contributed by atoms with van der Waals surface area (Å²) in [4.78, 5) is 17.2. The smallest absolute Gasteiger partial charge is 0.211 e. The maximum absolute atomic E-state index is 10.4.